The molecule has 1 radical (unpaired) electrons. The molecule has 1 rings (SSSR count). The lowest BCUT2D eigenvalue weighted by atomic mass is 10.2. The first-order chi connectivity index (χ1) is 6.36. The minimum atomic E-state index is 0.736. The van der Waals surface area contributed by atoms with Gasteiger partial charge in [-0.25, -0.2) is 0 Å². The molecule has 13 heavy (non-hydrogen) atoms. The molecule has 1 aromatic carbocycles. The molecule has 0 bridgehead atoms. The molecule has 0 aliphatic heterocycles. The average molecular weight is 190 g/mol. The van der Waals surface area contributed by atoms with Gasteiger partial charge in [0.2, 0.25) is 0 Å². The minimum absolute atomic E-state index is 0.736. The van der Waals surface area contributed by atoms with E-state index in [4.69, 9.17) is 5.26 Å². The second-order valence-corrected chi connectivity index (χ2v) is 3.86. The standard InChI is InChI=1S/C11H12NS/c1-2-3-7-13-11-6-4-5-10(8-11)9-12/h4-6,8H,1-3,7H2. The fraction of sp³-hybridized carbons (Fsp3) is 0.273. The summed E-state index contributed by atoms with van der Waals surface area (Å²) in [4.78, 5) is 1.17. The van der Waals surface area contributed by atoms with Crippen LogP contribution in [0.1, 0.15) is 18.4 Å². The van der Waals surface area contributed by atoms with Crippen LogP contribution in [0.5, 0.6) is 0 Å². The van der Waals surface area contributed by atoms with Gasteiger partial charge in [0.05, 0.1) is 11.6 Å². The summed E-state index contributed by atoms with van der Waals surface area (Å²) in [5.74, 6) is 1.08. The van der Waals surface area contributed by atoms with E-state index in [0.717, 1.165) is 24.2 Å². The maximum absolute atomic E-state index is 8.66. The fourth-order valence-electron chi connectivity index (χ4n) is 0.948. The third-order valence-corrected chi connectivity index (χ3v) is 2.71. The summed E-state index contributed by atoms with van der Waals surface area (Å²) in [6.45, 7) is 3.78. The van der Waals surface area contributed by atoms with Gasteiger partial charge in [0, 0.05) is 4.90 Å². The molecule has 0 aromatic heterocycles. The van der Waals surface area contributed by atoms with Gasteiger partial charge in [0.15, 0.2) is 0 Å². The zero-order valence-corrected chi connectivity index (χ0v) is 8.31. The molecule has 1 nitrogen and oxygen atoms in total. The van der Waals surface area contributed by atoms with Gasteiger partial charge in [-0.05, 0) is 30.4 Å². The third kappa shape index (κ3) is 3.52. The third-order valence-electron chi connectivity index (χ3n) is 1.63. The van der Waals surface area contributed by atoms with Crippen molar-refractivity contribution in [3.63, 3.8) is 0 Å². The van der Waals surface area contributed by atoms with Crippen molar-refractivity contribution in [1.82, 2.24) is 0 Å². The Balaban J connectivity index is 2.52. The topological polar surface area (TPSA) is 23.8 Å². The second-order valence-electron chi connectivity index (χ2n) is 2.70. The van der Waals surface area contributed by atoms with E-state index in [0.29, 0.717) is 0 Å². The lowest BCUT2D eigenvalue weighted by Crippen LogP contribution is -1.79. The van der Waals surface area contributed by atoms with Crippen LogP contribution in [0.4, 0.5) is 0 Å². The first kappa shape index (κ1) is 10.1. The van der Waals surface area contributed by atoms with Gasteiger partial charge < -0.3 is 0 Å². The normalized spacial score (nSPS) is 9.54. The van der Waals surface area contributed by atoms with E-state index in [1.807, 2.05) is 24.3 Å². The van der Waals surface area contributed by atoms with Crippen molar-refractivity contribution in [1.29, 1.82) is 5.26 Å². The summed E-state index contributed by atoms with van der Waals surface area (Å²) in [6.07, 6.45) is 2.10. The molecule has 0 spiro atoms. The van der Waals surface area contributed by atoms with E-state index in [9.17, 15) is 0 Å². The van der Waals surface area contributed by atoms with Crippen LogP contribution < -0.4 is 0 Å². The molecule has 0 aliphatic rings. The van der Waals surface area contributed by atoms with Gasteiger partial charge in [-0.15, -0.1) is 11.8 Å². The van der Waals surface area contributed by atoms with E-state index in [1.54, 1.807) is 11.8 Å². The lowest BCUT2D eigenvalue weighted by Gasteiger charge is -1.99. The van der Waals surface area contributed by atoms with Gasteiger partial charge in [0.25, 0.3) is 0 Å². The van der Waals surface area contributed by atoms with E-state index in [2.05, 4.69) is 13.0 Å². The maximum atomic E-state index is 8.66. The van der Waals surface area contributed by atoms with Crippen molar-refractivity contribution in [3.8, 4) is 6.07 Å². The molecule has 0 unspecified atom stereocenters. The van der Waals surface area contributed by atoms with Gasteiger partial charge in [0.1, 0.15) is 0 Å². The Morgan fingerprint density at radius 3 is 3.00 bits per heavy atom. The molecule has 0 heterocycles. The van der Waals surface area contributed by atoms with E-state index < -0.39 is 0 Å². The van der Waals surface area contributed by atoms with E-state index >= 15 is 0 Å². The van der Waals surface area contributed by atoms with Crippen molar-refractivity contribution >= 4 is 11.8 Å². The summed E-state index contributed by atoms with van der Waals surface area (Å²) < 4.78 is 0. The van der Waals surface area contributed by atoms with Crippen molar-refractivity contribution in [2.75, 3.05) is 5.75 Å². The molecule has 0 amide bonds. The fourth-order valence-corrected chi connectivity index (χ4v) is 1.92. The van der Waals surface area contributed by atoms with Crippen molar-refractivity contribution in [2.24, 2.45) is 0 Å². The number of unbranched alkanes of at least 4 members (excludes halogenated alkanes) is 1. The highest BCUT2D eigenvalue weighted by molar-refractivity contribution is 7.99. The van der Waals surface area contributed by atoms with Crippen LogP contribution in [0.3, 0.4) is 0 Å². The molecule has 0 atom stereocenters. The maximum Gasteiger partial charge on any atom is 0.0992 e. The van der Waals surface area contributed by atoms with Gasteiger partial charge in [-0.1, -0.05) is 19.4 Å². The second kappa shape index (κ2) is 5.66. The highest BCUT2D eigenvalue weighted by atomic mass is 32.2. The summed E-state index contributed by atoms with van der Waals surface area (Å²) in [7, 11) is 0. The Morgan fingerprint density at radius 1 is 1.46 bits per heavy atom. The number of benzene rings is 1. The molecule has 0 saturated carbocycles. The van der Waals surface area contributed by atoms with Gasteiger partial charge >= 0.3 is 0 Å². The Hall–Kier alpha value is -0.940. The Labute approximate surface area is 83.8 Å². The number of hydrogen-bond donors (Lipinski definition) is 0. The minimum Gasteiger partial charge on any atom is -0.192 e. The smallest absolute Gasteiger partial charge is 0.0992 e. The van der Waals surface area contributed by atoms with Crippen LogP contribution in [0, 0.1) is 18.3 Å². The van der Waals surface area contributed by atoms with Crippen LogP contribution in [-0.4, -0.2) is 5.75 Å². The molecular weight excluding hydrogens is 178 g/mol. The molecule has 0 aliphatic carbocycles. The quantitative estimate of drug-likeness (QED) is 0.537. The Bertz CT molecular complexity index is 301. The largest absolute Gasteiger partial charge is 0.192 e. The summed E-state index contributed by atoms with van der Waals surface area (Å²) in [6, 6.07) is 9.84. The molecule has 0 N–H and O–H groups in total. The Kier molecular flexibility index (Phi) is 4.42. The van der Waals surface area contributed by atoms with Crippen molar-refractivity contribution < 1.29 is 0 Å². The summed E-state index contributed by atoms with van der Waals surface area (Å²) in [5.41, 5.74) is 0.736. The van der Waals surface area contributed by atoms with Crippen LogP contribution >= 0.6 is 11.8 Å². The molecule has 67 valence electrons. The highest BCUT2D eigenvalue weighted by Crippen LogP contribution is 2.19. The summed E-state index contributed by atoms with van der Waals surface area (Å²) >= 11 is 1.78. The Morgan fingerprint density at radius 2 is 2.31 bits per heavy atom. The molecule has 0 saturated heterocycles. The highest BCUT2D eigenvalue weighted by Gasteiger charge is 1.94. The number of rotatable bonds is 4. The van der Waals surface area contributed by atoms with Crippen LogP contribution in [-0.2, 0) is 0 Å². The van der Waals surface area contributed by atoms with Gasteiger partial charge in [-0.3, -0.25) is 0 Å². The van der Waals surface area contributed by atoms with Crippen LogP contribution in [0.15, 0.2) is 29.2 Å². The summed E-state index contributed by atoms with van der Waals surface area (Å²) in [5, 5.41) is 8.66. The number of nitriles is 1. The van der Waals surface area contributed by atoms with E-state index in [-0.39, 0.29) is 0 Å². The molecule has 0 fully saturated rings. The van der Waals surface area contributed by atoms with Crippen molar-refractivity contribution in [2.45, 2.75) is 17.7 Å². The monoisotopic (exact) mass is 190 g/mol. The predicted octanol–water partition coefficient (Wildman–Crippen LogP) is 3.26. The van der Waals surface area contributed by atoms with Crippen LogP contribution in [0.2, 0.25) is 0 Å². The number of nitrogens with zero attached hydrogens (tertiary/aromatic N) is 1. The molecule has 2 heteroatoms. The molecule has 1 aromatic rings. The zero-order chi connectivity index (χ0) is 9.52. The first-order valence-electron chi connectivity index (χ1n) is 4.29. The SMILES string of the molecule is [CH2]CCCSc1cccc(C#N)c1. The number of hydrogen-bond acceptors (Lipinski definition) is 2. The zero-order valence-electron chi connectivity index (χ0n) is 7.49. The predicted molar refractivity (Wildman–Crippen MR) is 56.5 cm³/mol. The molecular formula is C11H12NS. The van der Waals surface area contributed by atoms with Crippen LogP contribution in [0.25, 0.3) is 0 Å². The lowest BCUT2D eigenvalue weighted by molar-refractivity contribution is 0.969. The van der Waals surface area contributed by atoms with Gasteiger partial charge in [-0.2, -0.15) is 5.26 Å². The number of thioether (sulfide) groups is 1. The first-order valence-corrected chi connectivity index (χ1v) is 5.27. The average Bonchev–Trinajstić information content (AvgIpc) is 2.19. The van der Waals surface area contributed by atoms with E-state index in [1.165, 1.54) is 4.90 Å². The van der Waals surface area contributed by atoms with Crippen molar-refractivity contribution in [3.05, 3.63) is 36.8 Å².